The van der Waals surface area contributed by atoms with Gasteiger partial charge in [-0.2, -0.15) is 4.98 Å². The molecule has 1 saturated heterocycles. The summed E-state index contributed by atoms with van der Waals surface area (Å²) >= 11 is 0. The molecular formula is C29H40N6O4S. The molecule has 0 unspecified atom stereocenters. The molecule has 216 valence electrons. The molecule has 1 aliphatic carbocycles. The number of carbonyl (C=O) groups is 1. The van der Waals surface area contributed by atoms with Crippen molar-refractivity contribution < 1.29 is 17.9 Å². The van der Waals surface area contributed by atoms with E-state index in [1.54, 1.807) is 6.20 Å². The number of anilines is 1. The van der Waals surface area contributed by atoms with Gasteiger partial charge in [0.15, 0.2) is 0 Å². The molecule has 2 aromatic heterocycles. The Kier molecular flexibility index (Phi) is 8.90. The summed E-state index contributed by atoms with van der Waals surface area (Å²) in [6, 6.07) is 10.4. The number of hydrogen-bond donors (Lipinski definition) is 2. The maximum absolute atomic E-state index is 13.1. The van der Waals surface area contributed by atoms with Crippen LogP contribution in [0.2, 0.25) is 0 Å². The lowest BCUT2D eigenvalue weighted by Gasteiger charge is -2.36. The Morgan fingerprint density at radius 1 is 1.05 bits per heavy atom. The van der Waals surface area contributed by atoms with Crippen LogP contribution in [-0.4, -0.2) is 84.6 Å². The van der Waals surface area contributed by atoms with Crippen molar-refractivity contribution in [1.29, 1.82) is 0 Å². The van der Waals surface area contributed by atoms with Gasteiger partial charge in [-0.3, -0.25) is 4.79 Å². The molecule has 3 heterocycles. The number of ether oxygens (including phenoxy) is 1. The van der Waals surface area contributed by atoms with E-state index < -0.39 is 9.84 Å². The van der Waals surface area contributed by atoms with E-state index in [9.17, 15) is 13.2 Å². The average molecular weight is 569 g/mol. The van der Waals surface area contributed by atoms with Gasteiger partial charge in [-0.25, -0.2) is 13.4 Å². The van der Waals surface area contributed by atoms with Gasteiger partial charge in [-0.05, 0) is 76.3 Å². The highest BCUT2D eigenvalue weighted by Gasteiger charge is 2.31. The topological polar surface area (TPSA) is 118 Å². The van der Waals surface area contributed by atoms with E-state index in [0.717, 1.165) is 74.1 Å². The SMILES string of the molecule is CNC1CCN(C(=O)C2CCC(Nc3nccc(-n4ccc5c(OCCCS(C)(=O)=O)cccc54)n3)CC2)CC1. The van der Waals surface area contributed by atoms with Crippen LogP contribution in [0, 0.1) is 5.92 Å². The number of piperidine rings is 1. The van der Waals surface area contributed by atoms with Crippen LogP contribution in [0.5, 0.6) is 5.75 Å². The van der Waals surface area contributed by atoms with Gasteiger partial charge in [0.05, 0.1) is 17.9 Å². The van der Waals surface area contributed by atoms with Gasteiger partial charge in [-0.15, -0.1) is 0 Å². The molecule has 0 atom stereocenters. The number of aromatic nitrogens is 3. The zero-order valence-electron chi connectivity index (χ0n) is 23.4. The molecule has 0 spiro atoms. The van der Waals surface area contributed by atoms with Gasteiger partial charge >= 0.3 is 0 Å². The van der Waals surface area contributed by atoms with E-state index in [2.05, 4.69) is 20.5 Å². The minimum absolute atomic E-state index is 0.106. The molecule has 2 aliphatic rings. The third kappa shape index (κ3) is 6.93. The summed E-state index contributed by atoms with van der Waals surface area (Å²) in [5.74, 6) is 2.59. The molecule has 2 N–H and O–H groups in total. The van der Waals surface area contributed by atoms with Crippen LogP contribution < -0.4 is 15.4 Å². The number of amides is 1. The summed E-state index contributed by atoms with van der Waals surface area (Å²) in [6.45, 7) is 2.05. The second-order valence-electron chi connectivity index (χ2n) is 11.0. The molecule has 11 heteroatoms. The van der Waals surface area contributed by atoms with Crippen molar-refractivity contribution in [3.63, 3.8) is 0 Å². The number of nitrogens with one attached hydrogen (secondary N) is 2. The zero-order chi connectivity index (χ0) is 28.1. The molecule has 40 heavy (non-hydrogen) atoms. The molecule has 1 saturated carbocycles. The van der Waals surface area contributed by atoms with E-state index in [1.807, 2.05) is 48.1 Å². The summed E-state index contributed by atoms with van der Waals surface area (Å²) < 4.78 is 30.7. The number of rotatable bonds is 10. The molecule has 5 rings (SSSR count). The standard InChI is InChI=1S/C29H40N6O4S/c1-30-22-12-16-34(17-13-22)28(36)21-7-9-23(10-8-21)32-29-31-15-11-27(33-29)35-18-14-24-25(35)5-3-6-26(24)39-19-4-20-40(2,37)38/h3,5-6,11,14-15,18,21-23,30H,4,7-10,12-13,16-17,19-20H2,1-2H3,(H,31,32,33). The Hall–Kier alpha value is -3.18. The predicted molar refractivity (Wildman–Crippen MR) is 157 cm³/mol. The summed E-state index contributed by atoms with van der Waals surface area (Å²) in [5.41, 5.74) is 0.947. The zero-order valence-corrected chi connectivity index (χ0v) is 24.2. The van der Waals surface area contributed by atoms with Crippen LogP contribution in [0.3, 0.4) is 0 Å². The first-order valence-electron chi connectivity index (χ1n) is 14.3. The van der Waals surface area contributed by atoms with Crippen LogP contribution in [0.4, 0.5) is 5.95 Å². The number of nitrogens with zero attached hydrogens (tertiary/aromatic N) is 4. The third-order valence-electron chi connectivity index (χ3n) is 8.12. The van der Waals surface area contributed by atoms with Crippen molar-refractivity contribution in [3.05, 3.63) is 42.7 Å². The molecule has 0 radical (unpaired) electrons. The van der Waals surface area contributed by atoms with Crippen molar-refractivity contribution in [2.24, 2.45) is 5.92 Å². The first-order valence-corrected chi connectivity index (χ1v) is 16.3. The Bertz CT molecular complexity index is 1410. The van der Waals surface area contributed by atoms with Crippen molar-refractivity contribution in [3.8, 4) is 11.6 Å². The minimum atomic E-state index is -3.01. The van der Waals surface area contributed by atoms with E-state index in [0.29, 0.717) is 30.9 Å². The number of sulfone groups is 1. The van der Waals surface area contributed by atoms with Crippen molar-refractivity contribution >= 4 is 32.6 Å². The highest BCUT2D eigenvalue weighted by molar-refractivity contribution is 7.90. The fourth-order valence-electron chi connectivity index (χ4n) is 5.84. The van der Waals surface area contributed by atoms with E-state index in [1.165, 1.54) is 6.26 Å². The fraction of sp³-hybridized carbons (Fsp3) is 0.552. The van der Waals surface area contributed by atoms with Crippen LogP contribution in [0.15, 0.2) is 42.7 Å². The Morgan fingerprint density at radius 2 is 1.82 bits per heavy atom. The first kappa shape index (κ1) is 28.4. The van der Waals surface area contributed by atoms with Crippen molar-refractivity contribution in [1.82, 2.24) is 24.8 Å². The van der Waals surface area contributed by atoms with Gasteiger partial charge in [0.2, 0.25) is 11.9 Å². The second-order valence-corrected chi connectivity index (χ2v) is 13.3. The Labute approximate surface area is 236 Å². The smallest absolute Gasteiger partial charge is 0.225 e. The number of hydrogen-bond acceptors (Lipinski definition) is 8. The first-order chi connectivity index (χ1) is 19.3. The molecule has 2 fully saturated rings. The number of benzene rings is 1. The average Bonchev–Trinajstić information content (AvgIpc) is 3.40. The summed E-state index contributed by atoms with van der Waals surface area (Å²) in [4.78, 5) is 24.4. The maximum atomic E-state index is 13.1. The van der Waals surface area contributed by atoms with Gasteiger partial charge in [-0.1, -0.05) is 6.07 Å². The van der Waals surface area contributed by atoms with Crippen molar-refractivity contribution in [2.75, 3.05) is 44.1 Å². The molecular weight excluding hydrogens is 528 g/mol. The largest absolute Gasteiger partial charge is 0.493 e. The quantitative estimate of drug-likeness (QED) is 0.357. The third-order valence-corrected chi connectivity index (χ3v) is 9.15. The van der Waals surface area contributed by atoms with Gasteiger partial charge < -0.3 is 24.8 Å². The minimum Gasteiger partial charge on any atom is -0.493 e. The summed E-state index contributed by atoms with van der Waals surface area (Å²) in [7, 11) is -1.01. The van der Waals surface area contributed by atoms with Crippen LogP contribution in [-0.2, 0) is 14.6 Å². The van der Waals surface area contributed by atoms with Crippen molar-refractivity contribution in [2.45, 2.75) is 57.0 Å². The summed E-state index contributed by atoms with van der Waals surface area (Å²) in [6.07, 6.45) is 11.1. The normalized spacial score (nSPS) is 20.5. The lowest BCUT2D eigenvalue weighted by molar-refractivity contribution is -0.137. The van der Waals surface area contributed by atoms with Crippen LogP contribution >= 0.6 is 0 Å². The Morgan fingerprint density at radius 3 is 2.55 bits per heavy atom. The van der Waals surface area contributed by atoms with E-state index in [-0.39, 0.29) is 17.7 Å². The number of likely N-dealkylation sites (tertiary alicyclic amines) is 1. The van der Waals surface area contributed by atoms with Gasteiger partial charge in [0.25, 0.3) is 0 Å². The monoisotopic (exact) mass is 568 g/mol. The fourth-order valence-corrected chi connectivity index (χ4v) is 6.48. The molecule has 1 amide bonds. The number of carbonyl (C=O) groups excluding carboxylic acids is 1. The van der Waals surface area contributed by atoms with Gasteiger partial charge in [0, 0.05) is 55.1 Å². The number of fused-ring (bicyclic) bond motifs is 1. The summed E-state index contributed by atoms with van der Waals surface area (Å²) in [5, 5.41) is 7.76. The molecule has 3 aromatic rings. The molecule has 1 aliphatic heterocycles. The lowest BCUT2D eigenvalue weighted by atomic mass is 9.84. The molecule has 0 bridgehead atoms. The van der Waals surface area contributed by atoms with E-state index in [4.69, 9.17) is 9.72 Å². The molecule has 10 nitrogen and oxygen atoms in total. The highest BCUT2D eigenvalue weighted by atomic mass is 32.2. The van der Waals surface area contributed by atoms with Crippen LogP contribution in [0.25, 0.3) is 16.7 Å². The van der Waals surface area contributed by atoms with Gasteiger partial charge in [0.1, 0.15) is 21.4 Å². The molecule has 1 aromatic carbocycles. The van der Waals surface area contributed by atoms with E-state index >= 15 is 0 Å². The Balaban J connectivity index is 1.18. The van der Waals surface area contributed by atoms with Crippen LogP contribution in [0.1, 0.15) is 44.9 Å². The predicted octanol–water partition coefficient (Wildman–Crippen LogP) is 3.42. The maximum Gasteiger partial charge on any atom is 0.225 e. The second kappa shape index (κ2) is 12.6. The lowest BCUT2D eigenvalue weighted by Crippen LogP contribution is -2.46. The highest BCUT2D eigenvalue weighted by Crippen LogP contribution is 2.30.